The number of hydrogen-bond acceptors (Lipinski definition) is 8. The van der Waals surface area contributed by atoms with Gasteiger partial charge < -0.3 is 19.5 Å². The molecule has 11 heteroatoms. The first-order valence-corrected chi connectivity index (χ1v) is 11.8. The Morgan fingerprint density at radius 1 is 1.03 bits per heavy atom. The van der Waals surface area contributed by atoms with Crippen molar-refractivity contribution in [2.75, 3.05) is 47.5 Å². The Balaban J connectivity index is 0.000000321. The molecule has 3 N–H and O–H groups in total. The van der Waals surface area contributed by atoms with Crippen molar-refractivity contribution in [3.05, 3.63) is 47.5 Å². The third kappa shape index (κ3) is 6.35. The Kier molecular flexibility index (Phi) is 9.92. The summed E-state index contributed by atoms with van der Waals surface area (Å²) in [5, 5.41) is 12.0. The number of piperazine rings is 1. The Morgan fingerprint density at radius 2 is 1.67 bits per heavy atom. The van der Waals surface area contributed by atoms with Crippen LogP contribution in [-0.4, -0.2) is 71.3 Å². The van der Waals surface area contributed by atoms with Crippen LogP contribution in [0.4, 0.5) is 0 Å². The van der Waals surface area contributed by atoms with Gasteiger partial charge in [-0.05, 0) is 36.2 Å². The molecule has 3 rings (SSSR count). The smallest absolute Gasteiger partial charge is 0.279 e. The van der Waals surface area contributed by atoms with Crippen LogP contribution in [0.15, 0.2) is 41.3 Å². The van der Waals surface area contributed by atoms with Crippen molar-refractivity contribution in [1.29, 1.82) is 0 Å². The van der Waals surface area contributed by atoms with Crippen LogP contribution in [0.25, 0.3) is 0 Å². The Morgan fingerprint density at radius 3 is 2.15 bits per heavy atom. The monoisotopic (exact) mass is 481 g/mol. The average molecular weight is 482 g/mol. The van der Waals surface area contributed by atoms with Gasteiger partial charge in [-0.15, -0.1) is 0 Å². The van der Waals surface area contributed by atoms with Crippen molar-refractivity contribution >= 4 is 15.9 Å². The number of rotatable bonds is 7. The molecule has 1 saturated heterocycles. The minimum absolute atomic E-state index is 0.0599. The summed E-state index contributed by atoms with van der Waals surface area (Å²) >= 11 is 0. The van der Waals surface area contributed by atoms with E-state index < -0.39 is 15.9 Å². The molecular formula is C22H31N3O7S. The molecule has 1 fully saturated rings. The van der Waals surface area contributed by atoms with Crippen LogP contribution in [0, 0.1) is 0 Å². The lowest BCUT2D eigenvalue weighted by Crippen LogP contribution is -2.46. The molecular weight excluding hydrogens is 450 g/mol. The van der Waals surface area contributed by atoms with Crippen molar-refractivity contribution in [3.63, 3.8) is 0 Å². The topological polar surface area (TPSA) is 126 Å². The lowest BCUT2D eigenvalue weighted by atomic mass is 10.1. The van der Waals surface area contributed by atoms with Crippen LogP contribution in [0.5, 0.6) is 17.2 Å². The van der Waals surface area contributed by atoms with Crippen molar-refractivity contribution in [2.45, 2.75) is 18.2 Å². The number of ether oxygens (including phenoxy) is 3. The quantitative estimate of drug-likeness (QED) is 0.403. The first-order chi connectivity index (χ1) is 15.8. The number of nitrogens with zero attached hydrogens (tertiary/aromatic N) is 1. The summed E-state index contributed by atoms with van der Waals surface area (Å²) in [5.74, 6) is 0.0623. The van der Waals surface area contributed by atoms with E-state index in [0.717, 1.165) is 12.2 Å². The average Bonchev–Trinajstić information content (AvgIpc) is 2.88. The second-order valence-corrected chi connectivity index (χ2v) is 8.88. The van der Waals surface area contributed by atoms with Gasteiger partial charge in [0.25, 0.3) is 5.91 Å². The zero-order chi connectivity index (χ0) is 24.4. The summed E-state index contributed by atoms with van der Waals surface area (Å²) in [4.78, 5) is 11.8. The van der Waals surface area contributed by atoms with E-state index >= 15 is 0 Å². The van der Waals surface area contributed by atoms with E-state index in [-0.39, 0.29) is 35.0 Å². The fourth-order valence-electron chi connectivity index (χ4n) is 3.28. The second-order valence-electron chi connectivity index (χ2n) is 6.97. The third-order valence-corrected chi connectivity index (χ3v) is 7.04. The molecule has 182 valence electrons. The molecule has 0 aromatic heterocycles. The number of sulfonamides is 1. The number of amides is 1. The summed E-state index contributed by atoms with van der Waals surface area (Å²) < 4.78 is 42.2. The number of carbonyl (C=O) groups is 1. The lowest BCUT2D eigenvalue weighted by molar-refractivity contribution is 0.0698. The van der Waals surface area contributed by atoms with Gasteiger partial charge in [0.05, 0.1) is 26.2 Å². The molecule has 0 aliphatic carbocycles. The molecule has 1 amide bonds. The molecule has 1 aliphatic heterocycles. The molecule has 33 heavy (non-hydrogen) atoms. The van der Waals surface area contributed by atoms with Crippen molar-refractivity contribution in [3.8, 4) is 17.2 Å². The Bertz CT molecular complexity index is 998. The molecule has 1 aliphatic rings. The molecule has 0 atom stereocenters. The molecule has 2 aromatic carbocycles. The van der Waals surface area contributed by atoms with Gasteiger partial charge in [-0.1, -0.05) is 19.1 Å². The Labute approximate surface area is 194 Å². The van der Waals surface area contributed by atoms with Crippen LogP contribution in [-0.2, 0) is 16.4 Å². The molecule has 0 radical (unpaired) electrons. The van der Waals surface area contributed by atoms with E-state index in [4.69, 9.17) is 19.4 Å². The number of methoxy groups -OCH3 is 3. The highest BCUT2D eigenvalue weighted by Crippen LogP contribution is 2.36. The van der Waals surface area contributed by atoms with E-state index in [2.05, 4.69) is 24.4 Å². The van der Waals surface area contributed by atoms with Gasteiger partial charge in [0.2, 0.25) is 10.0 Å². The first kappa shape index (κ1) is 26.4. The van der Waals surface area contributed by atoms with Crippen molar-refractivity contribution in [2.24, 2.45) is 0 Å². The number of hydrogen-bond donors (Lipinski definition) is 3. The van der Waals surface area contributed by atoms with Gasteiger partial charge in [-0.2, -0.15) is 4.31 Å². The van der Waals surface area contributed by atoms with E-state index in [1.54, 1.807) is 7.11 Å². The van der Waals surface area contributed by atoms with Crippen LogP contribution >= 0.6 is 0 Å². The highest BCUT2D eigenvalue weighted by molar-refractivity contribution is 7.89. The minimum atomic E-state index is -3.92. The molecule has 0 unspecified atom stereocenters. The fraction of sp³-hybridized carbons (Fsp3) is 0.409. The maximum absolute atomic E-state index is 12.8. The van der Waals surface area contributed by atoms with Crippen LogP contribution in [0.1, 0.15) is 22.8 Å². The SMILES string of the molecule is CCc1ccc(OC)cc1.COc1ccc(S(=O)(=O)N2CCNCC2)c(C(=O)NO)c1OC. The number of hydroxylamine groups is 1. The molecule has 0 saturated carbocycles. The summed E-state index contributed by atoms with van der Waals surface area (Å²) in [6.07, 6.45) is 1.09. The van der Waals surface area contributed by atoms with E-state index in [0.29, 0.717) is 13.1 Å². The predicted molar refractivity (Wildman–Crippen MR) is 123 cm³/mol. The number of benzene rings is 2. The number of nitrogens with one attached hydrogen (secondary N) is 2. The standard InChI is InChI=1S/C13H19N3O6S.C9H12O/c1-21-9-3-4-10(11(12(9)22-2)13(17)15-18)23(19,20)16-7-5-14-6-8-16;1-3-8-4-6-9(10-2)7-5-8/h3-4,14,18H,5-8H2,1-2H3,(H,15,17);4-7H,3H2,1-2H3. The van der Waals surface area contributed by atoms with E-state index in [1.165, 1.54) is 41.7 Å². The van der Waals surface area contributed by atoms with Crippen LogP contribution in [0.2, 0.25) is 0 Å². The largest absolute Gasteiger partial charge is 0.497 e. The van der Waals surface area contributed by atoms with Crippen LogP contribution < -0.4 is 25.0 Å². The zero-order valence-corrected chi connectivity index (χ0v) is 20.1. The normalized spacial score (nSPS) is 14.0. The maximum atomic E-state index is 12.8. The molecule has 2 aromatic rings. The molecule has 1 heterocycles. The fourth-order valence-corrected chi connectivity index (χ4v) is 4.90. The Hall–Kier alpha value is -2.86. The molecule has 0 bridgehead atoms. The zero-order valence-electron chi connectivity index (χ0n) is 19.3. The highest BCUT2D eigenvalue weighted by atomic mass is 32.2. The number of aryl methyl sites for hydroxylation is 1. The number of carbonyl (C=O) groups excluding carboxylic acids is 1. The second kappa shape index (κ2) is 12.4. The summed E-state index contributed by atoms with van der Waals surface area (Å²) in [5.41, 5.74) is 2.50. The minimum Gasteiger partial charge on any atom is -0.497 e. The molecule has 10 nitrogen and oxygen atoms in total. The molecule has 0 spiro atoms. The van der Waals surface area contributed by atoms with E-state index in [1.807, 2.05) is 12.1 Å². The van der Waals surface area contributed by atoms with Gasteiger partial charge in [-0.25, -0.2) is 13.9 Å². The summed E-state index contributed by atoms with van der Waals surface area (Å²) in [6, 6.07) is 10.8. The van der Waals surface area contributed by atoms with Crippen molar-refractivity contribution < 1.29 is 32.6 Å². The van der Waals surface area contributed by atoms with Gasteiger partial charge in [0, 0.05) is 26.2 Å². The maximum Gasteiger partial charge on any atom is 0.279 e. The predicted octanol–water partition coefficient (Wildman–Crippen LogP) is 1.67. The first-order valence-electron chi connectivity index (χ1n) is 10.4. The third-order valence-electron chi connectivity index (χ3n) is 5.10. The summed E-state index contributed by atoms with van der Waals surface area (Å²) in [7, 11) is 0.411. The van der Waals surface area contributed by atoms with Gasteiger partial charge in [0.15, 0.2) is 11.5 Å². The van der Waals surface area contributed by atoms with Crippen molar-refractivity contribution in [1.82, 2.24) is 15.1 Å². The summed E-state index contributed by atoms with van der Waals surface area (Å²) in [6.45, 7) is 3.76. The van der Waals surface area contributed by atoms with Crippen LogP contribution in [0.3, 0.4) is 0 Å². The van der Waals surface area contributed by atoms with Gasteiger partial charge >= 0.3 is 0 Å². The van der Waals surface area contributed by atoms with Gasteiger partial charge in [0.1, 0.15) is 11.3 Å². The van der Waals surface area contributed by atoms with Gasteiger partial charge in [-0.3, -0.25) is 10.0 Å². The highest BCUT2D eigenvalue weighted by Gasteiger charge is 2.33. The lowest BCUT2D eigenvalue weighted by Gasteiger charge is -2.27. The van der Waals surface area contributed by atoms with E-state index in [9.17, 15) is 13.2 Å².